The second kappa shape index (κ2) is 4.90. The van der Waals surface area contributed by atoms with Gasteiger partial charge in [-0.3, -0.25) is 4.68 Å². The summed E-state index contributed by atoms with van der Waals surface area (Å²) in [6.07, 6.45) is 6.81. The Morgan fingerprint density at radius 3 is 2.77 bits per heavy atom. The van der Waals surface area contributed by atoms with Gasteiger partial charge in [0.05, 0.1) is 6.04 Å². The standard InChI is InChI=1S/C10H19N3/c1-3-5-6-9(4-2)13-8-7-10(11)12-13/h7-9H,3-6H2,1-2H3,(H2,11,12). The lowest BCUT2D eigenvalue weighted by Gasteiger charge is -2.14. The van der Waals surface area contributed by atoms with Crippen molar-refractivity contribution in [3.8, 4) is 0 Å². The average Bonchev–Trinajstić information content (AvgIpc) is 2.54. The predicted octanol–water partition coefficient (Wildman–Crippen LogP) is 2.61. The van der Waals surface area contributed by atoms with Crippen LogP contribution in [0.15, 0.2) is 12.3 Å². The Labute approximate surface area is 79.9 Å². The van der Waals surface area contributed by atoms with Gasteiger partial charge < -0.3 is 5.73 Å². The minimum absolute atomic E-state index is 0.525. The third kappa shape index (κ3) is 2.76. The van der Waals surface area contributed by atoms with Crippen LogP contribution in [-0.4, -0.2) is 9.78 Å². The molecule has 0 amide bonds. The number of rotatable bonds is 5. The van der Waals surface area contributed by atoms with E-state index >= 15 is 0 Å². The van der Waals surface area contributed by atoms with Crippen LogP contribution in [0.2, 0.25) is 0 Å². The van der Waals surface area contributed by atoms with Crippen LogP contribution in [0, 0.1) is 0 Å². The van der Waals surface area contributed by atoms with Crippen LogP contribution in [0.4, 0.5) is 5.82 Å². The second-order valence-electron chi connectivity index (χ2n) is 3.42. The van der Waals surface area contributed by atoms with Crippen LogP contribution >= 0.6 is 0 Å². The predicted molar refractivity (Wildman–Crippen MR) is 55.5 cm³/mol. The van der Waals surface area contributed by atoms with E-state index in [9.17, 15) is 0 Å². The van der Waals surface area contributed by atoms with Gasteiger partial charge in [0.1, 0.15) is 5.82 Å². The SMILES string of the molecule is CCCCC(CC)n1ccc(N)n1. The summed E-state index contributed by atoms with van der Waals surface area (Å²) in [5.41, 5.74) is 5.57. The van der Waals surface area contributed by atoms with Gasteiger partial charge in [-0.25, -0.2) is 0 Å². The van der Waals surface area contributed by atoms with Crippen molar-refractivity contribution in [2.24, 2.45) is 0 Å². The number of hydrogen-bond acceptors (Lipinski definition) is 2. The molecule has 0 fully saturated rings. The summed E-state index contributed by atoms with van der Waals surface area (Å²) in [6.45, 7) is 4.41. The van der Waals surface area contributed by atoms with Crippen molar-refractivity contribution in [3.63, 3.8) is 0 Å². The van der Waals surface area contributed by atoms with Gasteiger partial charge in [-0.05, 0) is 18.9 Å². The highest BCUT2D eigenvalue weighted by molar-refractivity contribution is 5.23. The molecule has 2 N–H and O–H groups in total. The van der Waals surface area contributed by atoms with Crippen molar-refractivity contribution in [1.82, 2.24) is 9.78 Å². The van der Waals surface area contributed by atoms with Crippen LogP contribution < -0.4 is 5.73 Å². The number of unbranched alkanes of at least 4 members (excludes halogenated alkanes) is 1. The zero-order valence-electron chi connectivity index (χ0n) is 8.53. The molecule has 0 spiro atoms. The molecule has 0 aromatic carbocycles. The number of nitrogen functional groups attached to an aromatic ring is 1. The van der Waals surface area contributed by atoms with E-state index in [1.165, 1.54) is 19.3 Å². The fourth-order valence-electron chi connectivity index (χ4n) is 1.52. The summed E-state index contributed by atoms with van der Waals surface area (Å²) >= 11 is 0. The van der Waals surface area contributed by atoms with E-state index < -0.39 is 0 Å². The van der Waals surface area contributed by atoms with Gasteiger partial charge in [0.25, 0.3) is 0 Å². The summed E-state index contributed by atoms with van der Waals surface area (Å²) in [5, 5.41) is 4.23. The fraction of sp³-hybridized carbons (Fsp3) is 0.700. The molecule has 0 radical (unpaired) electrons. The Hall–Kier alpha value is -0.990. The summed E-state index contributed by atoms with van der Waals surface area (Å²) in [7, 11) is 0. The summed E-state index contributed by atoms with van der Waals surface area (Å²) in [6, 6.07) is 2.38. The molecule has 1 rings (SSSR count). The van der Waals surface area contributed by atoms with Gasteiger partial charge in [-0.1, -0.05) is 26.7 Å². The molecule has 1 aromatic rings. The summed E-state index contributed by atoms with van der Waals surface area (Å²) < 4.78 is 1.99. The Morgan fingerprint density at radius 2 is 2.31 bits per heavy atom. The summed E-state index contributed by atoms with van der Waals surface area (Å²) in [4.78, 5) is 0. The van der Waals surface area contributed by atoms with E-state index in [0.717, 1.165) is 6.42 Å². The second-order valence-corrected chi connectivity index (χ2v) is 3.42. The number of nitrogens with two attached hydrogens (primary N) is 1. The lowest BCUT2D eigenvalue weighted by molar-refractivity contribution is 0.402. The number of anilines is 1. The molecule has 1 unspecified atom stereocenters. The lowest BCUT2D eigenvalue weighted by Crippen LogP contribution is -2.09. The van der Waals surface area contributed by atoms with E-state index in [2.05, 4.69) is 18.9 Å². The summed E-state index contributed by atoms with van der Waals surface area (Å²) in [5.74, 6) is 0.620. The third-order valence-electron chi connectivity index (χ3n) is 2.37. The molecule has 1 atom stereocenters. The van der Waals surface area contributed by atoms with Gasteiger partial charge in [0, 0.05) is 6.20 Å². The normalized spacial score (nSPS) is 13.1. The molecule has 74 valence electrons. The third-order valence-corrected chi connectivity index (χ3v) is 2.37. The highest BCUT2D eigenvalue weighted by Crippen LogP contribution is 2.18. The molecule has 1 aromatic heterocycles. The minimum Gasteiger partial charge on any atom is -0.382 e. The van der Waals surface area contributed by atoms with Gasteiger partial charge in [0.15, 0.2) is 0 Å². The highest BCUT2D eigenvalue weighted by atomic mass is 15.3. The van der Waals surface area contributed by atoms with Crippen molar-refractivity contribution in [3.05, 3.63) is 12.3 Å². The molecular formula is C10H19N3. The maximum Gasteiger partial charge on any atom is 0.145 e. The van der Waals surface area contributed by atoms with E-state index in [4.69, 9.17) is 5.73 Å². The first-order valence-electron chi connectivity index (χ1n) is 5.08. The van der Waals surface area contributed by atoms with Crippen molar-refractivity contribution in [2.45, 2.75) is 45.6 Å². The lowest BCUT2D eigenvalue weighted by atomic mass is 10.1. The van der Waals surface area contributed by atoms with Crippen molar-refractivity contribution < 1.29 is 0 Å². The van der Waals surface area contributed by atoms with Gasteiger partial charge in [-0.15, -0.1) is 0 Å². The number of nitrogens with zero attached hydrogens (tertiary/aromatic N) is 2. The van der Waals surface area contributed by atoms with Crippen molar-refractivity contribution >= 4 is 5.82 Å². The zero-order valence-corrected chi connectivity index (χ0v) is 8.53. The molecule has 0 saturated heterocycles. The van der Waals surface area contributed by atoms with Crippen LogP contribution in [0.25, 0.3) is 0 Å². The zero-order chi connectivity index (χ0) is 9.68. The van der Waals surface area contributed by atoms with Crippen molar-refractivity contribution in [2.75, 3.05) is 5.73 Å². The molecular weight excluding hydrogens is 162 g/mol. The minimum atomic E-state index is 0.525. The molecule has 0 saturated carbocycles. The van der Waals surface area contributed by atoms with Crippen LogP contribution in [0.1, 0.15) is 45.6 Å². The maximum atomic E-state index is 5.57. The molecule has 13 heavy (non-hydrogen) atoms. The van der Waals surface area contributed by atoms with Crippen molar-refractivity contribution in [1.29, 1.82) is 0 Å². The maximum absolute atomic E-state index is 5.57. The molecule has 3 nitrogen and oxygen atoms in total. The van der Waals surface area contributed by atoms with Crippen LogP contribution in [0.5, 0.6) is 0 Å². The molecule has 0 aliphatic rings. The Balaban J connectivity index is 2.56. The number of aromatic nitrogens is 2. The topological polar surface area (TPSA) is 43.8 Å². The largest absolute Gasteiger partial charge is 0.382 e. The van der Waals surface area contributed by atoms with Crippen LogP contribution in [-0.2, 0) is 0 Å². The van der Waals surface area contributed by atoms with Gasteiger partial charge >= 0.3 is 0 Å². The highest BCUT2D eigenvalue weighted by Gasteiger charge is 2.08. The molecule has 0 aliphatic heterocycles. The van der Waals surface area contributed by atoms with Crippen LogP contribution in [0.3, 0.4) is 0 Å². The Kier molecular flexibility index (Phi) is 3.80. The molecule has 0 bridgehead atoms. The smallest absolute Gasteiger partial charge is 0.145 e. The van der Waals surface area contributed by atoms with Gasteiger partial charge in [-0.2, -0.15) is 5.10 Å². The van der Waals surface area contributed by atoms with E-state index in [0.29, 0.717) is 11.9 Å². The average molecular weight is 181 g/mol. The van der Waals surface area contributed by atoms with E-state index in [1.807, 2.05) is 16.9 Å². The molecule has 3 heteroatoms. The number of hydrogen-bond donors (Lipinski definition) is 1. The monoisotopic (exact) mass is 181 g/mol. The quantitative estimate of drug-likeness (QED) is 0.758. The van der Waals surface area contributed by atoms with E-state index in [1.54, 1.807) is 0 Å². The van der Waals surface area contributed by atoms with Gasteiger partial charge in [0.2, 0.25) is 0 Å². The first kappa shape index (κ1) is 10.1. The Bertz CT molecular complexity index is 242. The van der Waals surface area contributed by atoms with E-state index in [-0.39, 0.29) is 0 Å². The molecule has 0 aliphatic carbocycles. The fourth-order valence-corrected chi connectivity index (χ4v) is 1.52. The first-order valence-corrected chi connectivity index (χ1v) is 5.08. The molecule has 1 heterocycles. The Morgan fingerprint density at radius 1 is 1.54 bits per heavy atom. The first-order chi connectivity index (χ1) is 6.27.